The summed E-state index contributed by atoms with van der Waals surface area (Å²) in [4.78, 5) is 2.54. The number of rotatable bonds is 7. The first-order valence-corrected chi connectivity index (χ1v) is 21.0. The van der Waals surface area contributed by atoms with Crippen molar-refractivity contribution in [1.82, 2.24) is 0 Å². The van der Waals surface area contributed by atoms with Gasteiger partial charge in [0.2, 0.25) is 6.71 Å². The smallest absolute Gasteiger partial charge is 0.242 e. The Morgan fingerprint density at radius 3 is 1.84 bits per heavy atom. The molecule has 0 aliphatic heterocycles. The fraction of sp³-hybridized carbons (Fsp3) is 0.0545. The number of benzene rings is 10. The number of aryl methyl sites for hydroxylation is 3. The molecule has 3 heteroatoms. The van der Waals surface area contributed by atoms with Gasteiger partial charge in [-0.15, -0.1) is 11.3 Å². The van der Waals surface area contributed by atoms with Crippen LogP contribution in [0.3, 0.4) is 0 Å². The first-order chi connectivity index (χ1) is 28.5. The second-order valence-corrected chi connectivity index (χ2v) is 16.8. The van der Waals surface area contributed by atoms with Crippen molar-refractivity contribution in [3.8, 4) is 11.1 Å². The molecule has 0 saturated carbocycles. The maximum absolute atomic E-state index is 2.54. The molecule has 0 aliphatic carbocycles. The Hall–Kier alpha value is -6.68. The standard InChI is InChI=1S/C55H40BNS/c1-35-33-36(2)54(37(3)34-35)56(41-17-8-5-9-18-41)47-31-27-39-26-30-46-49(32-28-40-25-29-45(47)52(39)53(40)46)57(48-22-12-10-19-42(48)38-15-6-4-7-16-38)50-23-14-21-44-43-20-11-13-24-51(43)58-55(44)50/h4-34H,1-3H3. The average Bonchev–Trinajstić information content (AvgIpc) is 3.65. The van der Waals surface area contributed by atoms with Gasteiger partial charge in [0.1, 0.15) is 0 Å². The summed E-state index contributed by atoms with van der Waals surface area (Å²) in [5.74, 6) is 0. The number of fused-ring (bicyclic) bond motifs is 3. The molecule has 0 N–H and O–H groups in total. The van der Waals surface area contributed by atoms with E-state index in [1.54, 1.807) is 0 Å². The van der Waals surface area contributed by atoms with E-state index in [0.717, 1.165) is 5.69 Å². The minimum atomic E-state index is 0.0886. The SMILES string of the molecule is Cc1cc(C)c(B(c2ccccc2)c2ccc3ccc4c(N(c5ccccc5-c5ccccc5)c5cccc6c5sc5ccccc56)ccc5ccc2c3c54)c(C)c1. The molecule has 1 heterocycles. The van der Waals surface area contributed by atoms with Crippen LogP contribution in [0.25, 0.3) is 63.6 Å². The third-order valence-electron chi connectivity index (χ3n) is 12.2. The lowest BCUT2D eigenvalue weighted by Crippen LogP contribution is -2.54. The van der Waals surface area contributed by atoms with Gasteiger partial charge in [0, 0.05) is 26.4 Å². The number of hydrogen-bond donors (Lipinski definition) is 0. The molecular weight excluding hydrogens is 717 g/mol. The molecule has 0 amide bonds. The van der Waals surface area contributed by atoms with Crippen molar-refractivity contribution in [2.45, 2.75) is 20.8 Å². The fourth-order valence-electron chi connectivity index (χ4n) is 9.88. The summed E-state index contributed by atoms with van der Waals surface area (Å²) < 4.78 is 2.59. The second-order valence-electron chi connectivity index (χ2n) is 15.8. The predicted octanol–water partition coefficient (Wildman–Crippen LogP) is 13.5. The van der Waals surface area contributed by atoms with E-state index in [-0.39, 0.29) is 6.71 Å². The van der Waals surface area contributed by atoms with Crippen molar-refractivity contribution in [3.63, 3.8) is 0 Å². The number of para-hydroxylation sites is 1. The van der Waals surface area contributed by atoms with E-state index < -0.39 is 0 Å². The highest BCUT2D eigenvalue weighted by Crippen LogP contribution is 2.50. The monoisotopic (exact) mass is 757 g/mol. The van der Waals surface area contributed by atoms with Gasteiger partial charge in [-0.05, 0) is 77.5 Å². The van der Waals surface area contributed by atoms with Gasteiger partial charge in [0.05, 0.1) is 21.8 Å². The molecule has 10 aromatic carbocycles. The van der Waals surface area contributed by atoms with Crippen LogP contribution in [0.4, 0.5) is 17.1 Å². The van der Waals surface area contributed by atoms with Crippen molar-refractivity contribution >= 4 is 104 Å². The molecular formula is C55H40BNS. The third kappa shape index (κ3) is 5.45. The maximum Gasteiger partial charge on any atom is 0.242 e. The number of anilines is 3. The Labute approximate surface area is 343 Å². The Balaban J connectivity index is 1.22. The summed E-state index contributed by atoms with van der Waals surface area (Å²) in [6.45, 7) is 6.86. The molecule has 0 atom stereocenters. The summed E-state index contributed by atoms with van der Waals surface area (Å²) in [6, 6.07) is 70.1. The van der Waals surface area contributed by atoms with E-state index in [0.29, 0.717) is 0 Å². The highest BCUT2D eigenvalue weighted by molar-refractivity contribution is 7.26. The van der Waals surface area contributed by atoms with E-state index in [1.165, 1.54) is 108 Å². The molecule has 0 aliphatic rings. The molecule has 11 aromatic rings. The zero-order valence-electron chi connectivity index (χ0n) is 32.8. The predicted molar refractivity (Wildman–Crippen MR) is 255 cm³/mol. The van der Waals surface area contributed by atoms with Gasteiger partial charge in [-0.1, -0.05) is 197 Å². The minimum absolute atomic E-state index is 0.0886. The summed E-state index contributed by atoms with van der Waals surface area (Å²) in [5.41, 5.74) is 13.9. The Morgan fingerprint density at radius 2 is 1.05 bits per heavy atom. The van der Waals surface area contributed by atoms with Crippen LogP contribution in [-0.4, -0.2) is 6.71 Å². The van der Waals surface area contributed by atoms with Crippen molar-refractivity contribution in [2.75, 3.05) is 4.90 Å². The van der Waals surface area contributed by atoms with Gasteiger partial charge >= 0.3 is 0 Å². The van der Waals surface area contributed by atoms with E-state index in [4.69, 9.17) is 0 Å². The number of hydrogen-bond acceptors (Lipinski definition) is 2. The van der Waals surface area contributed by atoms with E-state index >= 15 is 0 Å². The normalized spacial score (nSPS) is 11.7. The molecule has 0 fully saturated rings. The zero-order valence-corrected chi connectivity index (χ0v) is 33.6. The number of thiophene rings is 1. The first kappa shape index (κ1) is 34.6. The topological polar surface area (TPSA) is 3.24 Å². The highest BCUT2D eigenvalue weighted by Gasteiger charge is 2.29. The third-order valence-corrected chi connectivity index (χ3v) is 13.5. The van der Waals surface area contributed by atoms with Crippen LogP contribution in [0.1, 0.15) is 16.7 Å². The quantitative estimate of drug-likeness (QED) is 0.116. The zero-order chi connectivity index (χ0) is 38.9. The molecule has 0 saturated heterocycles. The molecule has 11 rings (SSSR count). The molecule has 0 spiro atoms. The molecule has 1 aromatic heterocycles. The second kappa shape index (κ2) is 13.8. The van der Waals surface area contributed by atoms with Crippen LogP contribution in [-0.2, 0) is 0 Å². The lowest BCUT2D eigenvalue weighted by atomic mass is 9.35. The van der Waals surface area contributed by atoms with Crippen LogP contribution in [0.15, 0.2) is 188 Å². The molecule has 0 unspecified atom stereocenters. The highest BCUT2D eigenvalue weighted by atomic mass is 32.1. The molecule has 1 nitrogen and oxygen atoms in total. The van der Waals surface area contributed by atoms with Gasteiger partial charge < -0.3 is 4.90 Å². The summed E-state index contributed by atoms with van der Waals surface area (Å²) in [7, 11) is 0. The Morgan fingerprint density at radius 1 is 0.448 bits per heavy atom. The van der Waals surface area contributed by atoms with Gasteiger partial charge in [-0.25, -0.2) is 0 Å². The lowest BCUT2D eigenvalue weighted by Gasteiger charge is -2.30. The van der Waals surface area contributed by atoms with Crippen LogP contribution in [0, 0.1) is 20.8 Å². The van der Waals surface area contributed by atoms with Crippen molar-refractivity contribution in [2.24, 2.45) is 0 Å². The largest absolute Gasteiger partial charge is 0.308 e. The summed E-state index contributed by atoms with van der Waals surface area (Å²) in [5, 5.41) is 10.3. The van der Waals surface area contributed by atoms with Gasteiger partial charge in [0.25, 0.3) is 0 Å². The van der Waals surface area contributed by atoms with Crippen molar-refractivity contribution < 1.29 is 0 Å². The van der Waals surface area contributed by atoms with Crippen molar-refractivity contribution in [3.05, 3.63) is 205 Å². The minimum Gasteiger partial charge on any atom is -0.308 e. The Kier molecular flexibility index (Phi) is 8.20. The lowest BCUT2D eigenvalue weighted by molar-refractivity contribution is 1.32. The number of nitrogens with zero attached hydrogens (tertiary/aromatic N) is 1. The Bertz CT molecular complexity index is 3310. The first-order valence-electron chi connectivity index (χ1n) is 20.2. The maximum atomic E-state index is 2.54. The summed E-state index contributed by atoms with van der Waals surface area (Å²) >= 11 is 1.88. The summed E-state index contributed by atoms with van der Waals surface area (Å²) in [6.07, 6.45) is 0. The van der Waals surface area contributed by atoms with E-state index in [2.05, 4.69) is 214 Å². The fourth-order valence-corrected chi connectivity index (χ4v) is 11.1. The van der Waals surface area contributed by atoms with Gasteiger partial charge in [0.15, 0.2) is 0 Å². The molecule has 274 valence electrons. The van der Waals surface area contributed by atoms with Crippen LogP contribution in [0.5, 0.6) is 0 Å². The van der Waals surface area contributed by atoms with Crippen LogP contribution in [0.2, 0.25) is 0 Å². The van der Waals surface area contributed by atoms with Crippen LogP contribution >= 0.6 is 11.3 Å². The van der Waals surface area contributed by atoms with Crippen molar-refractivity contribution in [1.29, 1.82) is 0 Å². The van der Waals surface area contributed by atoms with E-state index in [9.17, 15) is 0 Å². The van der Waals surface area contributed by atoms with Gasteiger partial charge in [-0.3, -0.25) is 0 Å². The van der Waals surface area contributed by atoms with E-state index in [1.807, 2.05) is 11.3 Å². The average molecular weight is 758 g/mol. The molecule has 0 radical (unpaired) electrons. The molecule has 0 bridgehead atoms. The van der Waals surface area contributed by atoms with Gasteiger partial charge in [-0.2, -0.15) is 0 Å². The van der Waals surface area contributed by atoms with Crippen LogP contribution < -0.4 is 21.3 Å². The molecule has 58 heavy (non-hydrogen) atoms.